The monoisotopic (exact) mass is 321 g/mol. The molecule has 4 heteroatoms. The van der Waals surface area contributed by atoms with E-state index in [-0.39, 0.29) is 0 Å². The van der Waals surface area contributed by atoms with Gasteiger partial charge in [0.15, 0.2) is 0 Å². The first-order chi connectivity index (χ1) is 9.02. The summed E-state index contributed by atoms with van der Waals surface area (Å²) in [5.41, 5.74) is 4.66. The molecule has 3 nitrogen and oxygen atoms in total. The van der Waals surface area contributed by atoms with Gasteiger partial charge in [0.2, 0.25) is 0 Å². The number of hydrogen-bond acceptors (Lipinski definition) is 2. The molecule has 0 spiro atoms. The smallest absolute Gasteiger partial charge is 0.0828 e. The van der Waals surface area contributed by atoms with Crippen LogP contribution < -0.4 is 5.32 Å². The maximum Gasteiger partial charge on any atom is 0.0828 e. The second-order valence-corrected chi connectivity index (χ2v) is 5.75. The summed E-state index contributed by atoms with van der Waals surface area (Å²) in [4.78, 5) is 0. The van der Waals surface area contributed by atoms with E-state index in [4.69, 9.17) is 0 Å². The molecule has 2 aromatic rings. The lowest BCUT2D eigenvalue weighted by molar-refractivity contribution is 0.728. The molecule has 1 atom stereocenters. The highest BCUT2D eigenvalue weighted by Gasteiger charge is 2.15. The minimum absolute atomic E-state index is 0.305. The Morgan fingerprint density at radius 3 is 2.63 bits per heavy atom. The highest BCUT2D eigenvalue weighted by Crippen LogP contribution is 2.28. The fourth-order valence-corrected chi connectivity index (χ4v) is 2.72. The van der Waals surface area contributed by atoms with Crippen LogP contribution in [0.2, 0.25) is 0 Å². The molecule has 1 N–H and O–H groups in total. The van der Waals surface area contributed by atoms with E-state index >= 15 is 0 Å². The Balaban J connectivity index is 2.29. The number of hydrogen-bond donors (Lipinski definition) is 1. The van der Waals surface area contributed by atoms with Crippen LogP contribution in [0.25, 0.3) is 0 Å². The van der Waals surface area contributed by atoms with Crippen LogP contribution in [0.4, 0.5) is 5.69 Å². The van der Waals surface area contributed by atoms with E-state index < -0.39 is 0 Å². The Morgan fingerprint density at radius 1 is 1.37 bits per heavy atom. The summed E-state index contributed by atoms with van der Waals surface area (Å²) in [6.07, 6.45) is 1.03. The van der Waals surface area contributed by atoms with Crippen LogP contribution in [0.15, 0.2) is 28.7 Å². The first-order valence-electron chi connectivity index (χ1n) is 6.55. The number of aryl methyl sites for hydroxylation is 2. The SMILES string of the molecule is CCC(Nc1c(C)nn(C)c1C)c1cccc(Br)c1. The molecule has 0 aliphatic rings. The second kappa shape index (κ2) is 5.78. The average molecular weight is 322 g/mol. The summed E-state index contributed by atoms with van der Waals surface area (Å²) in [5, 5.41) is 8.08. The summed E-state index contributed by atoms with van der Waals surface area (Å²) in [5.74, 6) is 0. The first-order valence-corrected chi connectivity index (χ1v) is 7.34. The third-order valence-electron chi connectivity index (χ3n) is 3.49. The first kappa shape index (κ1) is 14.1. The largest absolute Gasteiger partial charge is 0.375 e. The summed E-state index contributed by atoms with van der Waals surface area (Å²) in [7, 11) is 1.98. The van der Waals surface area contributed by atoms with Gasteiger partial charge in [0.1, 0.15) is 0 Å². The number of benzene rings is 1. The highest BCUT2D eigenvalue weighted by atomic mass is 79.9. The number of anilines is 1. The van der Waals surface area contributed by atoms with Crippen molar-refractivity contribution in [3.05, 3.63) is 45.7 Å². The van der Waals surface area contributed by atoms with Crippen molar-refractivity contribution in [2.24, 2.45) is 7.05 Å². The summed E-state index contributed by atoms with van der Waals surface area (Å²) < 4.78 is 3.04. The quantitative estimate of drug-likeness (QED) is 0.906. The van der Waals surface area contributed by atoms with Gasteiger partial charge < -0.3 is 5.32 Å². The van der Waals surface area contributed by atoms with E-state index in [0.29, 0.717) is 6.04 Å². The normalized spacial score (nSPS) is 12.5. The fraction of sp³-hybridized carbons (Fsp3) is 0.400. The second-order valence-electron chi connectivity index (χ2n) is 4.83. The lowest BCUT2D eigenvalue weighted by Crippen LogP contribution is -2.11. The number of halogens is 1. The van der Waals surface area contributed by atoms with Crippen molar-refractivity contribution >= 4 is 21.6 Å². The van der Waals surface area contributed by atoms with E-state index in [0.717, 1.165) is 22.3 Å². The van der Waals surface area contributed by atoms with E-state index in [9.17, 15) is 0 Å². The van der Waals surface area contributed by atoms with Crippen LogP contribution in [0.5, 0.6) is 0 Å². The third-order valence-corrected chi connectivity index (χ3v) is 3.98. The van der Waals surface area contributed by atoms with Crippen molar-refractivity contribution in [3.63, 3.8) is 0 Å². The number of rotatable bonds is 4. The predicted molar refractivity (Wildman–Crippen MR) is 83.5 cm³/mol. The zero-order chi connectivity index (χ0) is 14.0. The van der Waals surface area contributed by atoms with Crippen LogP contribution in [-0.2, 0) is 7.05 Å². The van der Waals surface area contributed by atoms with Crippen molar-refractivity contribution in [1.82, 2.24) is 9.78 Å². The molecule has 1 heterocycles. The standard InChI is InChI=1S/C15H20BrN3/c1-5-14(12-7-6-8-13(16)9-12)17-15-10(2)18-19(4)11(15)3/h6-9,14,17H,5H2,1-4H3. The maximum atomic E-state index is 4.45. The molecule has 102 valence electrons. The Kier molecular flexibility index (Phi) is 4.30. The van der Waals surface area contributed by atoms with Gasteiger partial charge in [-0.25, -0.2) is 0 Å². The Labute approximate surface area is 123 Å². The van der Waals surface area contributed by atoms with Gasteiger partial charge in [-0.3, -0.25) is 4.68 Å². The Bertz CT molecular complexity index is 575. The molecule has 0 radical (unpaired) electrons. The topological polar surface area (TPSA) is 29.9 Å². The van der Waals surface area contributed by atoms with Gasteiger partial charge in [0.05, 0.1) is 23.1 Å². The zero-order valence-corrected chi connectivity index (χ0v) is 13.5. The summed E-state index contributed by atoms with van der Waals surface area (Å²) in [6, 6.07) is 8.76. The third kappa shape index (κ3) is 3.00. The van der Waals surface area contributed by atoms with Crippen LogP contribution in [0.3, 0.4) is 0 Å². The minimum Gasteiger partial charge on any atom is -0.375 e. The Morgan fingerprint density at radius 2 is 2.11 bits per heavy atom. The molecule has 1 aromatic heterocycles. The molecule has 1 unspecified atom stereocenters. The molecule has 0 aliphatic heterocycles. The van der Waals surface area contributed by atoms with Crippen LogP contribution >= 0.6 is 15.9 Å². The highest BCUT2D eigenvalue weighted by molar-refractivity contribution is 9.10. The molecule has 0 saturated heterocycles. The van der Waals surface area contributed by atoms with E-state index in [1.807, 2.05) is 18.7 Å². The molecule has 2 rings (SSSR count). The average Bonchev–Trinajstić information content (AvgIpc) is 2.61. The number of aromatic nitrogens is 2. The van der Waals surface area contributed by atoms with Gasteiger partial charge in [-0.05, 0) is 38.0 Å². The van der Waals surface area contributed by atoms with Gasteiger partial charge >= 0.3 is 0 Å². The minimum atomic E-state index is 0.305. The van der Waals surface area contributed by atoms with Crippen molar-refractivity contribution in [3.8, 4) is 0 Å². The molecular weight excluding hydrogens is 302 g/mol. The van der Waals surface area contributed by atoms with Crippen molar-refractivity contribution in [2.45, 2.75) is 33.2 Å². The van der Waals surface area contributed by atoms with Gasteiger partial charge in [0.25, 0.3) is 0 Å². The van der Waals surface area contributed by atoms with Crippen LogP contribution in [-0.4, -0.2) is 9.78 Å². The number of nitrogens with one attached hydrogen (secondary N) is 1. The Hall–Kier alpha value is -1.29. The van der Waals surface area contributed by atoms with Crippen molar-refractivity contribution in [1.29, 1.82) is 0 Å². The summed E-state index contributed by atoms with van der Waals surface area (Å²) in [6.45, 7) is 6.33. The van der Waals surface area contributed by atoms with Gasteiger partial charge in [-0.1, -0.05) is 35.0 Å². The molecule has 0 aliphatic carbocycles. The molecule has 1 aromatic carbocycles. The van der Waals surface area contributed by atoms with E-state index in [1.165, 1.54) is 11.3 Å². The zero-order valence-electron chi connectivity index (χ0n) is 11.9. The fourth-order valence-electron chi connectivity index (χ4n) is 2.30. The van der Waals surface area contributed by atoms with E-state index in [1.54, 1.807) is 0 Å². The molecule has 0 saturated carbocycles. The number of nitrogens with zero attached hydrogens (tertiary/aromatic N) is 2. The predicted octanol–water partition coefficient (Wildman–Crippen LogP) is 4.36. The van der Waals surface area contributed by atoms with Crippen LogP contribution in [0.1, 0.15) is 36.3 Å². The van der Waals surface area contributed by atoms with Crippen molar-refractivity contribution < 1.29 is 0 Å². The lowest BCUT2D eigenvalue weighted by Gasteiger charge is -2.19. The van der Waals surface area contributed by atoms with Gasteiger partial charge in [-0.15, -0.1) is 0 Å². The maximum absolute atomic E-state index is 4.45. The summed E-state index contributed by atoms with van der Waals surface area (Å²) >= 11 is 3.53. The molecule has 0 amide bonds. The van der Waals surface area contributed by atoms with E-state index in [2.05, 4.69) is 64.5 Å². The molecule has 0 fully saturated rings. The van der Waals surface area contributed by atoms with Crippen molar-refractivity contribution in [2.75, 3.05) is 5.32 Å². The van der Waals surface area contributed by atoms with Crippen LogP contribution in [0, 0.1) is 13.8 Å². The van der Waals surface area contributed by atoms with Gasteiger partial charge in [0, 0.05) is 11.5 Å². The molecule has 0 bridgehead atoms. The van der Waals surface area contributed by atoms with Gasteiger partial charge in [-0.2, -0.15) is 5.10 Å². The molecule has 19 heavy (non-hydrogen) atoms. The lowest BCUT2D eigenvalue weighted by atomic mass is 10.0. The molecular formula is C15H20BrN3.